The van der Waals surface area contributed by atoms with Crippen LogP contribution in [-0.2, 0) is 7.05 Å². The van der Waals surface area contributed by atoms with Crippen molar-refractivity contribution < 1.29 is 10.0 Å². The van der Waals surface area contributed by atoms with Crippen LogP contribution in [0.2, 0.25) is 0 Å². The fraction of sp³-hybridized carbons (Fsp3) is 0.450. The van der Waals surface area contributed by atoms with Crippen LogP contribution in [0.1, 0.15) is 11.1 Å². The molecule has 0 bridgehead atoms. The number of benzene rings is 1. The second kappa shape index (κ2) is 7.73. The lowest BCUT2D eigenvalue weighted by Crippen LogP contribution is -3.15. The molecule has 28 heavy (non-hydrogen) atoms. The van der Waals surface area contributed by atoms with Crippen molar-refractivity contribution in [3.05, 3.63) is 35.5 Å². The zero-order valence-electron chi connectivity index (χ0n) is 16.7. The lowest BCUT2D eigenvalue weighted by Gasteiger charge is -2.32. The first kappa shape index (κ1) is 18.6. The standard InChI is InChI=1S/C20H27N7O/c1-14-4-5-17(15(2)12-14)22-18-16-13-21-25(3)19(16)24-20(23-18)27-8-6-26(7-9-27)10-11-28/h4-5,12-13,28H,6-11H2,1-3H3,(H,22,23,24)/p+1. The van der Waals surface area contributed by atoms with E-state index in [-0.39, 0.29) is 6.61 Å². The van der Waals surface area contributed by atoms with E-state index in [1.54, 1.807) is 4.68 Å². The van der Waals surface area contributed by atoms with Gasteiger partial charge in [0, 0.05) is 12.7 Å². The number of nitrogens with zero attached hydrogens (tertiary/aromatic N) is 5. The number of aliphatic hydroxyl groups is 1. The number of quaternary nitrogens is 1. The zero-order chi connectivity index (χ0) is 19.7. The first-order chi connectivity index (χ1) is 13.5. The molecule has 148 valence electrons. The first-order valence-corrected chi connectivity index (χ1v) is 9.78. The third-order valence-electron chi connectivity index (χ3n) is 5.43. The molecule has 0 radical (unpaired) electrons. The molecule has 1 saturated heterocycles. The highest BCUT2D eigenvalue weighted by Gasteiger charge is 2.23. The molecule has 3 N–H and O–H groups in total. The van der Waals surface area contributed by atoms with Gasteiger partial charge in [-0.1, -0.05) is 17.7 Å². The quantitative estimate of drug-likeness (QED) is 0.593. The van der Waals surface area contributed by atoms with Gasteiger partial charge in [-0.3, -0.25) is 4.68 Å². The minimum atomic E-state index is 0.233. The number of fused-ring (bicyclic) bond motifs is 1. The Balaban J connectivity index is 1.66. The van der Waals surface area contributed by atoms with Crippen molar-refractivity contribution >= 4 is 28.5 Å². The number of anilines is 3. The Labute approximate surface area is 164 Å². The van der Waals surface area contributed by atoms with Gasteiger partial charge in [-0.2, -0.15) is 15.1 Å². The summed E-state index contributed by atoms with van der Waals surface area (Å²) in [6, 6.07) is 6.35. The van der Waals surface area contributed by atoms with Crippen molar-refractivity contribution in [3.63, 3.8) is 0 Å². The Morgan fingerprint density at radius 1 is 1.18 bits per heavy atom. The molecular weight excluding hydrogens is 354 g/mol. The van der Waals surface area contributed by atoms with E-state index >= 15 is 0 Å². The number of rotatable bonds is 5. The molecule has 1 aliphatic heterocycles. The normalized spacial score (nSPS) is 15.4. The lowest BCUT2D eigenvalue weighted by molar-refractivity contribution is -0.900. The van der Waals surface area contributed by atoms with Gasteiger partial charge in [-0.05, 0) is 25.5 Å². The monoisotopic (exact) mass is 382 g/mol. The summed E-state index contributed by atoms with van der Waals surface area (Å²) in [5, 5.41) is 18.0. The molecule has 3 aromatic rings. The molecule has 2 aromatic heterocycles. The van der Waals surface area contributed by atoms with Crippen molar-refractivity contribution in [2.45, 2.75) is 13.8 Å². The van der Waals surface area contributed by atoms with Gasteiger partial charge in [0.25, 0.3) is 0 Å². The summed E-state index contributed by atoms with van der Waals surface area (Å²) in [7, 11) is 1.91. The van der Waals surface area contributed by atoms with Crippen molar-refractivity contribution in [1.29, 1.82) is 0 Å². The van der Waals surface area contributed by atoms with Gasteiger partial charge in [0.1, 0.15) is 12.4 Å². The largest absolute Gasteiger partial charge is 0.391 e. The van der Waals surface area contributed by atoms with E-state index in [1.807, 2.05) is 13.2 Å². The summed E-state index contributed by atoms with van der Waals surface area (Å²) in [5.74, 6) is 1.51. The molecule has 4 rings (SSSR count). The summed E-state index contributed by atoms with van der Waals surface area (Å²) in [6.45, 7) is 8.94. The van der Waals surface area contributed by atoms with Crippen molar-refractivity contribution in [2.75, 3.05) is 49.5 Å². The molecule has 0 aliphatic carbocycles. The fourth-order valence-electron chi connectivity index (χ4n) is 3.76. The Morgan fingerprint density at radius 3 is 2.68 bits per heavy atom. The summed E-state index contributed by atoms with van der Waals surface area (Å²) in [4.78, 5) is 13.3. The molecule has 0 atom stereocenters. The van der Waals surface area contributed by atoms with Crippen LogP contribution in [0.4, 0.5) is 17.5 Å². The molecule has 0 spiro atoms. The van der Waals surface area contributed by atoms with Gasteiger partial charge in [-0.15, -0.1) is 0 Å². The first-order valence-electron chi connectivity index (χ1n) is 9.78. The highest BCUT2D eigenvalue weighted by molar-refractivity contribution is 5.89. The van der Waals surface area contributed by atoms with Crippen molar-refractivity contribution in [3.8, 4) is 0 Å². The van der Waals surface area contributed by atoms with Gasteiger partial charge in [0.15, 0.2) is 5.65 Å². The lowest BCUT2D eigenvalue weighted by atomic mass is 10.1. The van der Waals surface area contributed by atoms with E-state index in [9.17, 15) is 0 Å². The van der Waals surface area contributed by atoms with Crippen LogP contribution in [0.25, 0.3) is 11.0 Å². The van der Waals surface area contributed by atoms with Crippen LogP contribution in [0.5, 0.6) is 0 Å². The molecule has 0 saturated carbocycles. The molecule has 0 amide bonds. The van der Waals surface area contributed by atoms with E-state index in [4.69, 9.17) is 15.1 Å². The van der Waals surface area contributed by atoms with E-state index < -0.39 is 0 Å². The van der Waals surface area contributed by atoms with E-state index in [1.165, 1.54) is 16.0 Å². The number of hydrogen-bond acceptors (Lipinski definition) is 6. The highest BCUT2D eigenvalue weighted by Crippen LogP contribution is 2.27. The van der Waals surface area contributed by atoms with Crippen LogP contribution < -0.4 is 15.1 Å². The molecule has 1 fully saturated rings. The average Bonchev–Trinajstić information content (AvgIpc) is 3.06. The van der Waals surface area contributed by atoms with Crippen molar-refractivity contribution in [2.24, 2.45) is 7.05 Å². The topological polar surface area (TPSA) is 83.5 Å². The summed E-state index contributed by atoms with van der Waals surface area (Å²) >= 11 is 0. The fourth-order valence-corrected chi connectivity index (χ4v) is 3.76. The number of aryl methyl sites for hydroxylation is 3. The molecule has 1 aromatic carbocycles. The smallest absolute Gasteiger partial charge is 0.229 e. The van der Waals surface area contributed by atoms with Gasteiger partial charge in [0.2, 0.25) is 5.95 Å². The molecule has 3 heterocycles. The second-order valence-electron chi connectivity index (χ2n) is 7.53. The predicted molar refractivity (Wildman–Crippen MR) is 110 cm³/mol. The highest BCUT2D eigenvalue weighted by atomic mass is 16.3. The van der Waals surface area contributed by atoms with Crippen LogP contribution in [-0.4, -0.2) is 64.2 Å². The zero-order valence-corrected chi connectivity index (χ0v) is 16.7. The van der Waals surface area contributed by atoms with Gasteiger partial charge in [0.05, 0.1) is 44.4 Å². The van der Waals surface area contributed by atoms with E-state index in [0.29, 0.717) is 0 Å². The predicted octanol–water partition coefficient (Wildman–Crippen LogP) is 0.421. The number of aliphatic hydroxyl groups excluding tert-OH is 1. The van der Waals surface area contributed by atoms with Crippen molar-refractivity contribution in [1.82, 2.24) is 19.7 Å². The number of piperazine rings is 1. The summed E-state index contributed by atoms with van der Waals surface area (Å²) < 4.78 is 1.79. The average molecular weight is 382 g/mol. The minimum Gasteiger partial charge on any atom is -0.391 e. The van der Waals surface area contributed by atoms with Crippen LogP contribution >= 0.6 is 0 Å². The van der Waals surface area contributed by atoms with Crippen LogP contribution in [0.15, 0.2) is 24.4 Å². The maximum absolute atomic E-state index is 9.17. The molecule has 8 heteroatoms. The third kappa shape index (κ3) is 3.65. The third-order valence-corrected chi connectivity index (χ3v) is 5.43. The maximum Gasteiger partial charge on any atom is 0.229 e. The Bertz CT molecular complexity index is 976. The molecular formula is C20H28N7O+. The second-order valence-corrected chi connectivity index (χ2v) is 7.53. The molecule has 0 unspecified atom stereocenters. The minimum absolute atomic E-state index is 0.233. The van der Waals surface area contributed by atoms with E-state index in [2.05, 4.69) is 47.4 Å². The van der Waals surface area contributed by atoms with Gasteiger partial charge in [-0.25, -0.2) is 0 Å². The number of hydrogen-bond donors (Lipinski definition) is 3. The maximum atomic E-state index is 9.17. The summed E-state index contributed by atoms with van der Waals surface area (Å²) in [5.41, 5.74) is 4.28. The van der Waals surface area contributed by atoms with Gasteiger partial charge < -0.3 is 20.2 Å². The van der Waals surface area contributed by atoms with Crippen LogP contribution in [0, 0.1) is 13.8 Å². The molecule has 1 aliphatic rings. The number of aromatic nitrogens is 4. The van der Waals surface area contributed by atoms with Gasteiger partial charge >= 0.3 is 0 Å². The summed E-state index contributed by atoms with van der Waals surface area (Å²) in [6.07, 6.45) is 1.81. The van der Waals surface area contributed by atoms with E-state index in [0.717, 1.165) is 61.2 Å². The number of nitrogens with one attached hydrogen (secondary N) is 2. The SMILES string of the molecule is Cc1ccc(Nc2nc(N3CC[NH+](CCO)CC3)nc3c2cnn3C)c(C)c1. The molecule has 8 nitrogen and oxygen atoms in total. The Morgan fingerprint density at radius 2 is 1.96 bits per heavy atom. The van der Waals surface area contributed by atoms with Crippen LogP contribution in [0.3, 0.4) is 0 Å². The Hall–Kier alpha value is -2.71. The Kier molecular flexibility index (Phi) is 5.15.